The van der Waals surface area contributed by atoms with Gasteiger partial charge in [0.15, 0.2) is 6.29 Å². The molecule has 6 nitrogen and oxygen atoms in total. The zero-order valence-electron chi connectivity index (χ0n) is 17.3. The van der Waals surface area contributed by atoms with E-state index >= 15 is 0 Å². The summed E-state index contributed by atoms with van der Waals surface area (Å²) in [6.07, 6.45) is -2.90. The van der Waals surface area contributed by atoms with E-state index < -0.39 is 30.5 Å². The van der Waals surface area contributed by atoms with Crippen molar-refractivity contribution in [3.63, 3.8) is 0 Å². The molecule has 1 saturated heterocycles. The van der Waals surface area contributed by atoms with Crippen molar-refractivity contribution in [2.45, 2.75) is 63.1 Å². The Balaban J connectivity index is 1.70. The molecule has 2 heterocycles. The van der Waals surface area contributed by atoms with E-state index in [4.69, 9.17) is 21.1 Å². The van der Waals surface area contributed by atoms with E-state index in [1.807, 2.05) is 6.07 Å². The van der Waals surface area contributed by atoms with Gasteiger partial charge in [-0.2, -0.15) is 0 Å². The number of carbonyl (C=O) groups excluding carboxylic acids is 1. The Morgan fingerprint density at radius 3 is 2.48 bits per heavy atom. The van der Waals surface area contributed by atoms with Gasteiger partial charge in [0.05, 0.1) is 11.6 Å². The highest BCUT2D eigenvalue weighted by Gasteiger charge is 2.45. The fraction of sp³-hybridized carbons (Fsp3) is 0.458. The Morgan fingerprint density at radius 1 is 1.10 bits per heavy atom. The van der Waals surface area contributed by atoms with Crippen molar-refractivity contribution in [2.24, 2.45) is 0 Å². The molecular formula is C24H27ClO6. The van der Waals surface area contributed by atoms with Gasteiger partial charge in [0, 0.05) is 12.0 Å². The standard InChI is InChI=1S/C24H27ClO6/c1-2-3-13-4-6-14(7-5-13)10-15-11-17(16-8-9-30-23(16)19(15)25)24-22(29)21(28)20(27)18(12-26)31-24/h4-7,11-12,18,20-22,24,27-29H,2-3,8-10H2,1H3. The fourth-order valence-corrected chi connectivity index (χ4v) is 4.69. The molecule has 0 saturated carbocycles. The van der Waals surface area contributed by atoms with E-state index in [0.717, 1.165) is 29.5 Å². The lowest BCUT2D eigenvalue weighted by Crippen LogP contribution is -2.54. The number of hydrogen-bond donors (Lipinski definition) is 3. The second kappa shape index (κ2) is 9.27. The third kappa shape index (κ3) is 4.23. The number of aryl methyl sites for hydroxylation is 1. The number of ether oxygens (including phenoxy) is 2. The first-order chi connectivity index (χ1) is 14.9. The first-order valence-electron chi connectivity index (χ1n) is 10.6. The molecule has 1 fully saturated rings. The summed E-state index contributed by atoms with van der Waals surface area (Å²) in [5, 5.41) is 31.4. The average Bonchev–Trinajstić information content (AvgIpc) is 3.27. The van der Waals surface area contributed by atoms with Crippen LogP contribution < -0.4 is 4.74 Å². The highest BCUT2D eigenvalue weighted by Crippen LogP contribution is 2.44. The molecule has 0 aromatic heterocycles. The van der Waals surface area contributed by atoms with Gasteiger partial charge in [-0.1, -0.05) is 55.3 Å². The number of benzene rings is 2. The molecule has 2 aliphatic heterocycles. The number of aliphatic hydroxyl groups excluding tert-OH is 3. The SMILES string of the molecule is CCCc1ccc(Cc2cc(C3OC(C=O)C(O)C(O)C3O)c3c(c2Cl)OCC3)cc1. The highest BCUT2D eigenvalue weighted by atomic mass is 35.5. The van der Waals surface area contributed by atoms with Crippen LogP contribution in [0.25, 0.3) is 0 Å². The number of aliphatic hydroxyl groups is 3. The molecule has 166 valence electrons. The van der Waals surface area contributed by atoms with E-state index in [-0.39, 0.29) is 0 Å². The summed E-state index contributed by atoms with van der Waals surface area (Å²) in [7, 11) is 0. The molecule has 0 aliphatic carbocycles. The van der Waals surface area contributed by atoms with Crippen LogP contribution in [0.5, 0.6) is 5.75 Å². The second-order valence-corrected chi connectivity index (χ2v) is 8.60. The first kappa shape index (κ1) is 22.2. The maximum atomic E-state index is 11.3. The minimum absolute atomic E-state index is 0.443. The minimum Gasteiger partial charge on any atom is -0.491 e. The van der Waals surface area contributed by atoms with Gasteiger partial charge >= 0.3 is 0 Å². The highest BCUT2D eigenvalue weighted by molar-refractivity contribution is 6.33. The summed E-state index contributed by atoms with van der Waals surface area (Å²) >= 11 is 6.67. The van der Waals surface area contributed by atoms with Crippen LogP contribution in [0.15, 0.2) is 30.3 Å². The van der Waals surface area contributed by atoms with Crippen molar-refractivity contribution in [3.8, 4) is 5.75 Å². The number of halogens is 1. The summed E-state index contributed by atoms with van der Waals surface area (Å²) < 4.78 is 11.5. The molecule has 0 amide bonds. The molecule has 31 heavy (non-hydrogen) atoms. The minimum atomic E-state index is -1.50. The van der Waals surface area contributed by atoms with E-state index in [2.05, 4.69) is 31.2 Å². The Kier molecular flexibility index (Phi) is 6.65. The monoisotopic (exact) mass is 446 g/mol. The summed E-state index contributed by atoms with van der Waals surface area (Å²) in [5.74, 6) is 0.552. The first-order valence-corrected chi connectivity index (χ1v) is 11.0. The van der Waals surface area contributed by atoms with Gasteiger partial charge in [-0.25, -0.2) is 0 Å². The van der Waals surface area contributed by atoms with Crippen LogP contribution in [-0.4, -0.2) is 52.6 Å². The maximum Gasteiger partial charge on any atom is 0.151 e. The van der Waals surface area contributed by atoms with Crippen molar-refractivity contribution in [1.29, 1.82) is 0 Å². The van der Waals surface area contributed by atoms with Gasteiger partial charge in [-0.15, -0.1) is 0 Å². The van der Waals surface area contributed by atoms with E-state index in [1.165, 1.54) is 5.56 Å². The quantitative estimate of drug-likeness (QED) is 0.590. The van der Waals surface area contributed by atoms with Gasteiger partial charge < -0.3 is 29.6 Å². The van der Waals surface area contributed by atoms with Crippen molar-refractivity contribution in [2.75, 3.05) is 6.61 Å². The lowest BCUT2D eigenvalue weighted by Gasteiger charge is -2.39. The third-order valence-electron chi connectivity index (χ3n) is 6.08. The van der Waals surface area contributed by atoms with Crippen molar-refractivity contribution < 1.29 is 29.6 Å². The summed E-state index contributed by atoms with van der Waals surface area (Å²) in [6.45, 7) is 2.59. The number of fused-ring (bicyclic) bond motifs is 1. The lowest BCUT2D eigenvalue weighted by atomic mass is 9.87. The second-order valence-electron chi connectivity index (χ2n) is 8.22. The molecule has 3 N–H and O–H groups in total. The smallest absolute Gasteiger partial charge is 0.151 e. The van der Waals surface area contributed by atoms with Gasteiger partial charge in [-0.3, -0.25) is 0 Å². The van der Waals surface area contributed by atoms with E-state index in [0.29, 0.717) is 42.1 Å². The molecular weight excluding hydrogens is 420 g/mol. The summed E-state index contributed by atoms with van der Waals surface area (Å²) in [6, 6.07) is 10.2. The zero-order chi connectivity index (χ0) is 22.1. The number of aldehydes is 1. The largest absolute Gasteiger partial charge is 0.491 e. The third-order valence-corrected chi connectivity index (χ3v) is 6.49. The van der Waals surface area contributed by atoms with Crippen molar-refractivity contribution >= 4 is 17.9 Å². The number of hydrogen-bond acceptors (Lipinski definition) is 6. The van der Waals surface area contributed by atoms with Gasteiger partial charge in [0.2, 0.25) is 0 Å². The van der Waals surface area contributed by atoms with Crippen LogP contribution in [0, 0.1) is 0 Å². The van der Waals surface area contributed by atoms with Crippen LogP contribution in [0.4, 0.5) is 0 Å². The molecule has 5 unspecified atom stereocenters. The molecule has 0 spiro atoms. The summed E-state index contributed by atoms with van der Waals surface area (Å²) in [4.78, 5) is 11.3. The zero-order valence-corrected chi connectivity index (χ0v) is 18.1. The Morgan fingerprint density at radius 2 is 1.81 bits per heavy atom. The van der Waals surface area contributed by atoms with Crippen molar-refractivity contribution in [1.82, 2.24) is 0 Å². The molecule has 0 radical (unpaired) electrons. The average molecular weight is 447 g/mol. The van der Waals surface area contributed by atoms with Gasteiger partial charge in [0.25, 0.3) is 0 Å². The normalized spacial score (nSPS) is 27.6. The van der Waals surface area contributed by atoms with E-state index in [1.54, 1.807) is 0 Å². The molecule has 4 rings (SSSR count). The number of rotatable bonds is 6. The fourth-order valence-electron chi connectivity index (χ4n) is 4.40. The van der Waals surface area contributed by atoms with Gasteiger partial charge in [0.1, 0.15) is 36.3 Å². The van der Waals surface area contributed by atoms with Crippen LogP contribution in [0.2, 0.25) is 5.02 Å². The molecule has 2 aromatic rings. The summed E-state index contributed by atoms with van der Waals surface area (Å²) in [5.41, 5.74) is 4.59. The van der Waals surface area contributed by atoms with Gasteiger partial charge in [-0.05, 0) is 35.1 Å². The predicted molar refractivity (Wildman–Crippen MR) is 116 cm³/mol. The lowest BCUT2D eigenvalue weighted by molar-refractivity contribution is -0.217. The van der Waals surface area contributed by atoms with Crippen LogP contribution in [0.3, 0.4) is 0 Å². The van der Waals surface area contributed by atoms with Crippen LogP contribution in [0.1, 0.15) is 47.3 Å². The number of carbonyl (C=O) groups is 1. The molecule has 7 heteroatoms. The molecule has 2 aliphatic rings. The Labute approximate surface area is 186 Å². The van der Waals surface area contributed by atoms with Crippen LogP contribution >= 0.6 is 11.6 Å². The maximum absolute atomic E-state index is 11.3. The Bertz CT molecular complexity index is 944. The molecule has 2 aromatic carbocycles. The van der Waals surface area contributed by atoms with E-state index in [9.17, 15) is 20.1 Å². The van der Waals surface area contributed by atoms with Crippen molar-refractivity contribution in [3.05, 3.63) is 63.2 Å². The molecule has 5 atom stereocenters. The Hall–Kier alpha value is -1.96. The molecule has 0 bridgehead atoms. The topological polar surface area (TPSA) is 96.2 Å². The van der Waals surface area contributed by atoms with Crippen LogP contribution in [-0.2, 0) is 28.8 Å². The predicted octanol–water partition coefficient (Wildman–Crippen LogP) is 2.54.